The zero-order valence-corrected chi connectivity index (χ0v) is 14.7. The molecule has 3 N–H and O–H groups in total. The van der Waals surface area contributed by atoms with Crippen LogP contribution >= 0.6 is 0 Å². The quantitative estimate of drug-likeness (QED) is 0.827. The molecule has 2 aliphatic carbocycles. The van der Waals surface area contributed by atoms with Gasteiger partial charge in [0.2, 0.25) is 5.91 Å². The molecule has 7 heteroatoms. The van der Waals surface area contributed by atoms with E-state index in [1.807, 2.05) is 0 Å². The zero-order chi connectivity index (χ0) is 19.6. The Morgan fingerprint density at radius 3 is 2.41 bits per heavy atom. The third-order valence-electron chi connectivity index (χ3n) is 5.53. The summed E-state index contributed by atoms with van der Waals surface area (Å²) in [6, 6.07) is 2.86. The lowest BCUT2D eigenvalue weighted by atomic mass is 9.63. The van der Waals surface area contributed by atoms with E-state index in [0.717, 1.165) is 50.3 Å². The molecule has 0 saturated heterocycles. The van der Waals surface area contributed by atoms with Gasteiger partial charge in [-0.3, -0.25) is 9.59 Å². The number of nitrogens with two attached hydrogens (primary N) is 1. The molecule has 1 atom stereocenters. The smallest absolute Gasteiger partial charge is 0.254 e. The number of hydrogen-bond acceptors (Lipinski definition) is 2. The number of anilines is 1. The standard InChI is InChI=1S/C20H21F3N2O2/c21-15-8-9-20(19(24)27,12-4-2-1-3-5-12)11-14(15)18(26)25-13-6-7-16(22)17(23)10-13/h6-10,12H,1-5,11H2,(H2,24,27)(H,25,26). The number of benzene rings is 1. The minimum absolute atomic E-state index is 0.00362. The van der Waals surface area contributed by atoms with Crippen molar-refractivity contribution in [2.75, 3.05) is 5.32 Å². The average molecular weight is 378 g/mol. The van der Waals surface area contributed by atoms with Crippen LogP contribution in [-0.4, -0.2) is 11.8 Å². The minimum Gasteiger partial charge on any atom is -0.369 e. The molecule has 0 aliphatic heterocycles. The number of hydrogen-bond donors (Lipinski definition) is 2. The molecule has 1 aromatic carbocycles. The zero-order valence-electron chi connectivity index (χ0n) is 14.7. The van der Waals surface area contributed by atoms with Crippen molar-refractivity contribution < 1.29 is 22.8 Å². The summed E-state index contributed by atoms with van der Waals surface area (Å²) < 4.78 is 40.7. The maximum atomic E-state index is 14.4. The van der Waals surface area contributed by atoms with Crippen molar-refractivity contribution in [3.63, 3.8) is 0 Å². The highest BCUT2D eigenvalue weighted by Gasteiger charge is 2.46. The molecular formula is C20H21F3N2O2. The van der Waals surface area contributed by atoms with E-state index in [0.29, 0.717) is 0 Å². The number of rotatable bonds is 4. The molecule has 1 unspecified atom stereocenters. The Hall–Kier alpha value is -2.57. The van der Waals surface area contributed by atoms with Gasteiger partial charge in [-0.1, -0.05) is 25.3 Å². The van der Waals surface area contributed by atoms with Crippen molar-refractivity contribution >= 4 is 17.5 Å². The maximum Gasteiger partial charge on any atom is 0.254 e. The van der Waals surface area contributed by atoms with Gasteiger partial charge < -0.3 is 11.1 Å². The first kappa shape index (κ1) is 19.2. The van der Waals surface area contributed by atoms with Gasteiger partial charge in [0, 0.05) is 11.8 Å². The van der Waals surface area contributed by atoms with Crippen LogP contribution in [0.3, 0.4) is 0 Å². The molecule has 1 saturated carbocycles. The van der Waals surface area contributed by atoms with Crippen LogP contribution in [0.25, 0.3) is 0 Å². The molecule has 1 fully saturated rings. The molecule has 4 nitrogen and oxygen atoms in total. The number of primary amides is 1. The van der Waals surface area contributed by atoms with Gasteiger partial charge in [0.15, 0.2) is 11.6 Å². The minimum atomic E-state index is -1.13. The van der Waals surface area contributed by atoms with Gasteiger partial charge in [-0.05, 0) is 43.4 Å². The van der Waals surface area contributed by atoms with Gasteiger partial charge in [0.1, 0.15) is 5.83 Å². The Bertz CT molecular complexity index is 829. The van der Waals surface area contributed by atoms with Gasteiger partial charge in [-0.15, -0.1) is 0 Å². The number of allylic oxidation sites excluding steroid dienone is 2. The second kappa shape index (κ2) is 7.58. The Kier molecular flexibility index (Phi) is 5.39. The molecule has 0 heterocycles. The van der Waals surface area contributed by atoms with Crippen LogP contribution in [0.2, 0.25) is 0 Å². The average Bonchev–Trinajstić information content (AvgIpc) is 2.65. The highest BCUT2D eigenvalue weighted by atomic mass is 19.2. The Morgan fingerprint density at radius 2 is 1.78 bits per heavy atom. The molecule has 144 valence electrons. The summed E-state index contributed by atoms with van der Waals surface area (Å²) in [5, 5.41) is 2.36. The largest absolute Gasteiger partial charge is 0.369 e. The lowest BCUT2D eigenvalue weighted by Gasteiger charge is -2.40. The van der Waals surface area contributed by atoms with Crippen molar-refractivity contribution in [2.24, 2.45) is 17.1 Å². The summed E-state index contributed by atoms with van der Waals surface area (Å²) in [6.45, 7) is 0. The van der Waals surface area contributed by atoms with Crippen LogP contribution in [0.15, 0.2) is 41.8 Å². The maximum absolute atomic E-state index is 14.4. The molecule has 0 spiro atoms. The van der Waals surface area contributed by atoms with Crippen molar-refractivity contribution in [3.05, 3.63) is 53.4 Å². The fraction of sp³-hybridized carbons (Fsp3) is 0.400. The Labute approximate surface area is 155 Å². The second-order valence-corrected chi connectivity index (χ2v) is 7.16. The normalized spacial score (nSPS) is 23.4. The lowest BCUT2D eigenvalue weighted by molar-refractivity contribution is -0.128. The van der Waals surface area contributed by atoms with Crippen LogP contribution in [-0.2, 0) is 9.59 Å². The Balaban J connectivity index is 1.85. The summed E-state index contributed by atoms with van der Waals surface area (Å²) in [4.78, 5) is 24.8. The molecule has 2 amide bonds. The molecule has 0 bridgehead atoms. The summed E-state index contributed by atoms with van der Waals surface area (Å²) in [5.41, 5.74) is 4.34. The van der Waals surface area contributed by atoms with Crippen molar-refractivity contribution in [2.45, 2.75) is 38.5 Å². The summed E-state index contributed by atoms with van der Waals surface area (Å²) in [5.74, 6) is -4.38. The predicted molar refractivity (Wildman–Crippen MR) is 95.1 cm³/mol. The van der Waals surface area contributed by atoms with E-state index in [1.165, 1.54) is 12.1 Å². The Morgan fingerprint density at radius 1 is 1.07 bits per heavy atom. The van der Waals surface area contributed by atoms with Crippen molar-refractivity contribution in [1.82, 2.24) is 0 Å². The van der Waals surface area contributed by atoms with Crippen LogP contribution in [0.1, 0.15) is 38.5 Å². The third-order valence-corrected chi connectivity index (χ3v) is 5.53. The number of carbonyl (C=O) groups excluding carboxylic acids is 2. The van der Waals surface area contributed by atoms with E-state index in [-0.39, 0.29) is 23.6 Å². The van der Waals surface area contributed by atoms with Gasteiger partial charge in [0.05, 0.1) is 11.0 Å². The van der Waals surface area contributed by atoms with Gasteiger partial charge in [-0.25, -0.2) is 13.2 Å². The number of halogens is 3. The predicted octanol–water partition coefficient (Wildman–Crippen LogP) is 4.14. The summed E-state index contributed by atoms with van der Waals surface area (Å²) in [7, 11) is 0. The fourth-order valence-electron chi connectivity index (χ4n) is 4.00. The molecular weight excluding hydrogens is 357 g/mol. The number of nitrogens with one attached hydrogen (secondary N) is 1. The van der Waals surface area contributed by atoms with Gasteiger partial charge in [-0.2, -0.15) is 0 Å². The SMILES string of the molecule is NC(=O)C1(C2CCCCC2)C=CC(F)=C(C(=O)Nc2ccc(F)c(F)c2)C1. The third kappa shape index (κ3) is 3.77. The lowest BCUT2D eigenvalue weighted by Crippen LogP contribution is -2.45. The monoisotopic (exact) mass is 378 g/mol. The molecule has 1 aromatic rings. The summed E-state index contributed by atoms with van der Waals surface area (Å²) >= 11 is 0. The van der Waals surface area contributed by atoms with E-state index in [4.69, 9.17) is 5.73 Å². The van der Waals surface area contributed by atoms with Gasteiger partial charge in [0.25, 0.3) is 5.91 Å². The van der Waals surface area contributed by atoms with Crippen LogP contribution in [0.5, 0.6) is 0 Å². The van der Waals surface area contributed by atoms with E-state index >= 15 is 0 Å². The first-order valence-electron chi connectivity index (χ1n) is 8.97. The highest BCUT2D eigenvalue weighted by Crippen LogP contribution is 2.47. The fourth-order valence-corrected chi connectivity index (χ4v) is 4.00. The highest BCUT2D eigenvalue weighted by molar-refractivity contribution is 6.05. The molecule has 27 heavy (non-hydrogen) atoms. The van der Waals surface area contributed by atoms with E-state index in [1.54, 1.807) is 0 Å². The molecule has 2 aliphatic rings. The first-order chi connectivity index (χ1) is 12.8. The van der Waals surface area contributed by atoms with Crippen LogP contribution < -0.4 is 11.1 Å². The van der Waals surface area contributed by atoms with E-state index in [2.05, 4.69) is 5.32 Å². The number of amides is 2. The van der Waals surface area contributed by atoms with Crippen LogP contribution in [0, 0.1) is 23.0 Å². The first-order valence-corrected chi connectivity index (χ1v) is 8.97. The topological polar surface area (TPSA) is 72.2 Å². The van der Waals surface area contributed by atoms with Crippen molar-refractivity contribution in [1.29, 1.82) is 0 Å². The number of carbonyl (C=O) groups is 2. The summed E-state index contributed by atoms with van der Waals surface area (Å²) in [6.07, 6.45) is 7.00. The van der Waals surface area contributed by atoms with Crippen molar-refractivity contribution in [3.8, 4) is 0 Å². The second-order valence-electron chi connectivity index (χ2n) is 7.16. The van der Waals surface area contributed by atoms with Crippen LogP contribution in [0.4, 0.5) is 18.9 Å². The van der Waals surface area contributed by atoms with E-state index in [9.17, 15) is 22.8 Å². The molecule has 0 radical (unpaired) electrons. The van der Waals surface area contributed by atoms with E-state index < -0.39 is 34.7 Å². The van der Waals surface area contributed by atoms with Gasteiger partial charge >= 0.3 is 0 Å². The molecule has 0 aromatic heterocycles. The molecule has 3 rings (SSSR count).